The third kappa shape index (κ3) is 4.30. The third-order valence-corrected chi connectivity index (χ3v) is 4.53. The zero-order chi connectivity index (χ0) is 21.7. The molecule has 0 saturated heterocycles. The predicted molar refractivity (Wildman–Crippen MR) is 112 cm³/mol. The summed E-state index contributed by atoms with van der Waals surface area (Å²) >= 11 is 0. The number of ether oxygens (including phenoxy) is 4. The average molecular weight is 410 g/mol. The molecule has 7 nitrogen and oxygen atoms in total. The number of fused-ring (bicyclic) bond motifs is 1. The molecule has 0 bridgehead atoms. The molecule has 0 radical (unpaired) electrons. The number of hydrogen-bond acceptors (Lipinski definition) is 7. The van der Waals surface area contributed by atoms with Gasteiger partial charge in [-0.2, -0.15) is 0 Å². The van der Waals surface area contributed by atoms with Gasteiger partial charge in [0.05, 0.1) is 19.8 Å². The Morgan fingerprint density at radius 1 is 1.10 bits per heavy atom. The van der Waals surface area contributed by atoms with Gasteiger partial charge < -0.3 is 23.4 Å². The smallest absolute Gasteiger partial charge is 0.344 e. The Kier molecular flexibility index (Phi) is 6.41. The molecule has 0 atom stereocenters. The Morgan fingerprint density at radius 3 is 2.57 bits per heavy atom. The van der Waals surface area contributed by atoms with Crippen molar-refractivity contribution in [1.29, 1.82) is 0 Å². The van der Waals surface area contributed by atoms with E-state index in [0.717, 1.165) is 0 Å². The van der Waals surface area contributed by atoms with E-state index in [1.165, 1.54) is 13.2 Å². The van der Waals surface area contributed by atoms with E-state index in [1.54, 1.807) is 43.5 Å². The van der Waals surface area contributed by atoms with Crippen LogP contribution in [0.5, 0.6) is 17.2 Å². The highest BCUT2D eigenvalue weighted by molar-refractivity contribution is 5.88. The van der Waals surface area contributed by atoms with Crippen LogP contribution in [0, 0.1) is 6.92 Å². The van der Waals surface area contributed by atoms with Crippen LogP contribution < -0.4 is 19.8 Å². The van der Waals surface area contributed by atoms with Gasteiger partial charge in [0.2, 0.25) is 0 Å². The van der Waals surface area contributed by atoms with E-state index in [-0.39, 0.29) is 13.2 Å². The normalized spacial score (nSPS) is 10.5. The minimum atomic E-state index is -0.502. The number of carbonyl (C=O) groups is 1. The van der Waals surface area contributed by atoms with Crippen LogP contribution in [0.15, 0.2) is 58.3 Å². The first-order valence-electron chi connectivity index (χ1n) is 9.17. The van der Waals surface area contributed by atoms with Crippen LogP contribution in [0.4, 0.5) is 0 Å². The Labute approximate surface area is 173 Å². The lowest BCUT2D eigenvalue weighted by molar-refractivity contribution is -0.144. The largest absolute Gasteiger partial charge is 0.493 e. The number of benzene rings is 2. The Hall–Kier alpha value is -3.74. The van der Waals surface area contributed by atoms with Crippen LogP contribution in [0.2, 0.25) is 0 Å². The summed E-state index contributed by atoms with van der Waals surface area (Å²) in [6, 6.07) is 10.2. The lowest BCUT2D eigenvalue weighted by atomic mass is 9.99. The second kappa shape index (κ2) is 9.17. The first-order valence-corrected chi connectivity index (χ1v) is 9.17. The maximum absolute atomic E-state index is 12.7. The summed E-state index contributed by atoms with van der Waals surface area (Å²) in [5.41, 5.74) is 1.72. The molecule has 0 aliphatic carbocycles. The van der Waals surface area contributed by atoms with Crippen LogP contribution >= 0.6 is 0 Å². The Bertz CT molecular complexity index is 1140. The molecule has 3 aromatic rings. The zero-order valence-corrected chi connectivity index (χ0v) is 17.0. The molecule has 0 fully saturated rings. The summed E-state index contributed by atoms with van der Waals surface area (Å²) in [7, 11) is 3.07. The zero-order valence-electron chi connectivity index (χ0n) is 17.0. The highest BCUT2D eigenvalue weighted by Gasteiger charge is 2.16. The van der Waals surface area contributed by atoms with Gasteiger partial charge in [0.1, 0.15) is 17.9 Å². The van der Waals surface area contributed by atoms with Gasteiger partial charge >= 0.3 is 11.6 Å². The van der Waals surface area contributed by atoms with E-state index in [4.69, 9.17) is 23.4 Å². The molecule has 156 valence electrons. The highest BCUT2D eigenvalue weighted by atomic mass is 16.6. The molecular weight excluding hydrogens is 388 g/mol. The lowest BCUT2D eigenvalue weighted by Gasteiger charge is -2.12. The molecule has 2 aromatic carbocycles. The van der Waals surface area contributed by atoms with Crippen LogP contribution in [0.25, 0.3) is 22.1 Å². The molecule has 0 spiro atoms. The quantitative estimate of drug-likeness (QED) is 0.316. The SMILES string of the molecule is C=CCOC(=O)COc1ccc2oc(=O)c(-c3ccc(OC)c(OC)c3)c(C)c2c1. The van der Waals surface area contributed by atoms with Crippen molar-refractivity contribution >= 4 is 16.9 Å². The standard InChI is InChI=1S/C23H22O7/c1-5-10-28-21(24)13-29-16-7-9-18-17(12-16)14(2)22(23(25)30-18)15-6-8-19(26-3)20(11-15)27-4/h5-9,11-12H,1,10,13H2,2-4H3. The summed E-state index contributed by atoms with van der Waals surface area (Å²) < 4.78 is 26.5. The van der Waals surface area contributed by atoms with Crippen molar-refractivity contribution < 1.29 is 28.2 Å². The topological polar surface area (TPSA) is 84.2 Å². The fraction of sp³-hybridized carbons (Fsp3) is 0.217. The number of methoxy groups -OCH3 is 2. The average Bonchev–Trinajstić information content (AvgIpc) is 2.76. The molecule has 0 amide bonds. The van der Waals surface area contributed by atoms with Crippen molar-refractivity contribution in [3.8, 4) is 28.4 Å². The van der Waals surface area contributed by atoms with Crippen molar-refractivity contribution in [3.63, 3.8) is 0 Å². The van der Waals surface area contributed by atoms with E-state index < -0.39 is 11.6 Å². The molecule has 0 N–H and O–H groups in total. The van der Waals surface area contributed by atoms with Gasteiger partial charge in [-0.3, -0.25) is 0 Å². The second-order valence-electron chi connectivity index (χ2n) is 6.38. The minimum absolute atomic E-state index is 0.124. The summed E-state index contributed by atoms with van der Waals surface area (Å²) in [4.78, 5) is 24.3. The van der Waals surface area contributed by atoms with E-state index in [0.29, 0.717) is 44.9 Å². The van der Waals surface area contributed by atoms with E-state index in [2.05, 4.69) is 6.58 Å². The Balaban J connectivity index is 1.99. The number of rotatable bonds is 8. The van der Waals surface area contributed by atoms with Gasteiger partial charge in [0, 0.05) is 5.39 Å². The molecule has 3 rings (SSSR count). The van der Waals surface area contributed by atoms with Gasteiger partial charge in [-0.25, -0.2) is 9.59 Å². The monoisotopic (exact) mass is 410 g/mol. The van der Waals surface area contributed by atoms with Crippen molar-refractivity contribution in [2.45, 2.75) is 6.92 Å². The van der Waals surface area contributed by atoms with Gasteiger partial charge in [-0.15, -0.1) is 0 Å². The third-order valence-electron chi connectivity index (χ3n) is 4.53. The molecule has 7 heteroatoms. The Morgan fingerprint density at radius 2 is 1.87 bits per heavy atom. The van der Waals surface area contributed by atoms with Crippen LogP contribution in [-0.2, 0) is 9.53 Å². The van der Waals surface area contributed by atoms with Gasteiger partial charge in [-0.1, -0.05) is 18.7 Å². The fourth-order valence-corrected chi connectivity index (χ4v) is 3.08. The highest BCUT2D eigenvalue weighted by Crippen LogP contribution is 2.34. The number of hydrogen-bond donors (Lipinski definition) is 0. The van der Waals surface area contributed by atoms with E-state index in [1.807, 2.05) is 6.92 Å². The van der Waals surface area contributed by atoms with Crippen molar-refractivity contribution in [3.05, 3.63) is 65.0 Å². The minimum Gasteiger partial charge on any atom is -0.493 e. The summed E-state index contributed by atoms with van der Waals surface area (Å²) in [6.45, 7) is 5.20. The van der Waals surface area contributed by atoms with Gasteiger partial charge in [0.25, 0.3) is 0 Å². The van der Waals surface area contributed by atoms with E-state index >= 15 is 0 Å². The first-order chi connectivity index (χ1) is 14.5. The lowest BCUT2D eigenvalue weighted by Crippen LogP contribution is -2.14. The fourth-order valence-electron chi connectivity index (χ4n) is 3.08. The maximum Gasteiger partial charge on any atom is 0.344 e. The second-order valence-corrected chi connectivity index (χ2v) is 6.38. The van der Waals surface area contributed by atoms with Crippen molar-refractivity contribution in [2.75, 3.05) is 27.4 Å². The predicted octanol–water partition coefficient (Wildman–Crippen LogP) is 3.89. The van der Waals surface area contributed by atoms with Crippen molar-refractivity contribution in [2.24, 2.45) is 0 Å². The molecule has 1 aromatic heterocycles. The molecular formula is C23H22O7. The van der Waals surface area contributed by atoms with Crippen LogP contribution in [0.1, 0.15) is 5.56 Å². The summed E-state index contributed by atoms with van der Waals surface area (Å²) in [6.07, 6.45) is 1.48. The maximum atomic E-state index is 12.7. The number of aryl methyl sites for hydroxylation is 1. The van der Waals surface area contributed by atoms with Gasteiger partial charge in [-0.05, 0) is 48.4 Å². The van der Waals surface area contributed by atoms with Crippen LogP contribution in [-0.4, -0.2) is 33.4 Å². The molecule has 0 aliphatic rings. The number of carbonyl (C=O) groups excluding carboxylic acids is 1. The molecule has 0 saturated carbocycles. The van der Waals surface area contributed by atoms with E-state index in [9.17, 15) is 9.59 Å². The van der Waals surface area contributed by atoms with Crippen LogP contribution in [0.3, 0.4) is 0 Å². The van der Waals surface area contributed by atoms with Crippen molar-refractivity contribution in [1.82, 2.24) is 0 Å². The first kappa shape index (κ1) is 21.0. The summed E-state index contributed by atoms with van der Waals surface area (Å²) in [5.74, 6) is 1.01. The molecule has 30 heavy (non-hydrogen) atoms. The van der Waals surface area contributed by atoms with Gasteiger partial charge in [0.15, 0.2) is 18.1 Å². The molecule has 0 unspecified atom stereocenters. The molecule has 0 aliphatic heterocycles. The molecule has 1 heterocycles. The number of esters is 1. The summed E-state index contributed by atoms with van der Waals surface area (Å²) in [5, 5.41) is 0.691.